The van der Waals surface area contributed by atoms with E-state index in [1.54, 1.807) is 31.1 Å². The molecular weight excluding hydrogens is 595 g/mol. The average Bonchev–Trinajstić information content (AvgIpc) is 3.53. The van der Waals surface area contributed by atoms with Gasteiger partial charge in [-0.05, 0) is 87.1 Å². The molecule has 1 unspecified atom stereocenters. The molecule has 5 rings (SSSR count). The second-order valence-electron chi connectivity index (χ2n) is 11.3. The average molecular weight is 629 g/mol. The number of hydrogen-bond donors (Lipinski definition) is 0. The number of benzene rings is 3. The highest BCUT2D eigenvalue weighted by Crippen LogP contribution is 2.55. The Bertz CT molecular complexity index is 1680. The van der Waals surface area contributed by atoms with Crippen LogP contribution in [0, 0.1) is 5.82 Å². The topological polar surface area (TPSA) is 90.5 Å². The van der Waals surface area contributed by atoms with Gasteiger partial charge in [-0.15, -0.1) is 0 Å². The number of amides is 2. The van der Waals surface area contributed by atoms with Gasteiger partial charge in [-0.1, -0.05) is 17.7 Å². The molecule has 228 valence electrons. The van der Waals surface area contributed by atoms with E-state index in [2.05, 4.69) is 0 Å². The van der Waals surface area contributed by atoms with Gasteiger partial charge in [0.05, 0.1) is 23.7 Å². The van der Waals surface area contributed by atoms with E-state index in [0.29, 0.717) is 42.8 Å². The summed E-state index contributed by atoms with van der Waals surface area (Å²) in [5, 5.41) is 0.287. The number of rotatable bonds is 8. The van der Waals surface area contributed by atoms with Crippen molar-refractivity contribution in [3.8, 4) is 5.75 Å². The lowest BCUT2D eigenvalue weighted by Crippen LogP contribution is -2.59. The summed E-state index contributed by atoms with van der Waals surface area (Å²) >= 11 is 6.56. The molecule has 2 amide bonds. The van der Waals surface area contributed by atoms with E-state index in [-0.39, 0.29) is 21.5 Å². The van der Waals surface area contributed by atoms with Gasteiger partial charge in [-0.3, -0.25) is 14.5 Å². The lowest BCUT2D eigenvalue weighted by Gasteiger charge is -2.42. The molecular formula is C31H34ClFN4O5S. The molecule has 0 N–H and O–H groups in total. The van der Waals surface area contributed by atoms with Crippen molar-refractivity contribution in [1.29, 1.82) is 0 Å². The molecule has 1 saturated heterocycles. The first kappa shape index (κ1) is 30.9. The Labute approximate surface area is 256 Å². The minimum Gasteiger partial charge on any atom is -0.496 e. The summed E-state index contributed by atoms with van der Waals surface area (Å²) in [6.07, 6.45) is 1.06. The van der Waals surface area contributed by atoms with Crippen LogP contribution < -0.4 is 9.04 Å². The minimum atomic E-state index is -4.54. The summed E-state index contributed by atoms with van der Waals surface area (Å²) < 4.78 is 48.9. The molecule has 0 spiro atoms. The van der Waals surface area contributed by atoms with E-state index in [9.17, 15) is 17.6 Å². The summed E-state index contributed by atoms with van der Waals surface area (Å²) in [5.74, 6) is -1.27. The lowest BCUT2D eigenvalue weighted by molar-refractivity contribution is -0.138. The Morgan fingerprint density at radius 1 is 1.05 bits per heavy atom. The molecule has 0 bridgehead atoms. The summed E-state index contributed by atoms with van der Waals surface area (Å²) in [7, 11) is 4.07. The molecule has 3 aromatic carbocycles. The lowest BCUT2D eigenvalue weighted by atomic mass is 9.80. The zero-order chi connectivity index (χ0) is 31.3. The molecule has 3 aromatic rings. The third-order valence-electron chi connectivity index (χ3n) is 7.97. The predicted octanol–water partition coefficient (Wildman–Crippen LogP) is 4.08. The van der Waals surface area contributed by atoms with Crippen molar-refractivity contribution < 1.29 is 27.1 Å². The maximum absolute atomic E-state index is 15.2. The Morgan fingerprint density at radius 2 is 1.74 bits per heavy atom. The molecule has 2 heterocycles. The van der Waals surface area contributed by atoms with Crippen LogP contribution in [0.15, 0.2) is 65.6 Å². The second kappa shape index (κ2) is 11.5. The third-order valence-corrected chi connectivity index (χ3v) is 9.92. The minimum absolute atomic E-state index is 0.0988. The van der Waals surface area contributed by atoms with Gasteiger partial charge in [0.15, 0.2) is 5.54 Å². The van der Waals surface area contributed by atoms with E-state index in [1.165, 1.54) is 24.1 Å². The van der Waals surface area contributed by atoms with E-state index in [1.807, 2.05) is 31.1 Å². The van der Waals surface area contributed by atoms with Crippen molar-refractivity contribution >= 4 is 39.1 Å². The number of fused-ring (bicyclic) bond motifs is 1. The molecule has 0 radical (unpaired) electrons. The van der Waals surface area contributed by atoms with Gasteiger partial charge in [0, 0.05) is 43.3 Å². The quantitative estimate of drug-likeness (QED) is 0.371. The maximum Gasteiger partial charge on any atom is 0.271 e. The van der Waals surface area contributed by atoms with Crippen molar-refractivity contribution in [2.75, 3.05) is 46.2 Å². The summed E-state index contributed by atoms with van der Waals surface area (Å²) in [6.45, 7) is 0.856. The van der Waals surface area contributed by atoms with Gasteiger partial charge in [0.2, 0.25) is 5.91 Å². The first-order valence-electron chi connectivity index (χ1n) is 13.8. The number of likely N-dealkylation sites (tertiary alicyclic amines) is 1. The highest BCUT2D eigenvalue weighted by molar-refractivity contribution is 7.93. The third kappa shape index (κ3) is 5.08. The van der Waals surface area contributed by atoms with Crippen molar-refractivity contribution in [2.45, 2.75) is 35.9 Å². The monoisotopic (exact) mass is 628 g/mol. The number of nitrogens with zero attached hydrogens (tertiary/aromatic N) is 4. The van der Waals surface area contributed by atoms with Crippen LogP contribution in [-0.2, 0) is 31.7 Å². The van der Waals surface area contributed by atoms with Crippen LogP contribution in [0.5, 0.6) is 5.75 Å². The number of likely N-dealkylation sites (N-methyl/N-ethyl adjacent to an activating group) is 1. The molecule has 0 saturated carbocycles. The smallest absolute Gasteiger partial charge is 0.271 e. The fourth-order valence-electron chi connectivity index (χ4n) is 6.21. The number of anilines is 1. The number of carbonyl (C=O) groups is 2. The van der Waals surface area contributed by atoms with Crippen LogP contribution in [0.3, 0.4) is 0 Å². The molecule has 2 aliphatic heterocycles. The van der Waals surface area contributed by atoms with Crippen molar-refractivity contribution in [1.82, 2.24) is 14.7 Å². The number of carbonyl (C=O) groups excluding carboxylic acids is 2. The molecule has 9 nitrogen and oxygen atoms in total. The zero-order valence-corrected chi connectivity index (χ0v) is 26.2. The largest absolute Gasteiger partial charge is 0.496 e. The summed E-state index contributed by atoms with van der Waals surface area (Å²) in [6, 6.07) is 13.6. The predicted molar refractivity (Wildman–Crippen MR) is 162 cm³/mol. The summed E-state index contributed by atoms with van der Waals surface area (Å²) in [5.41, 5.74) is -0.131. The molecule has 2 aliphatic rings. The Hall–Kier alpha value is -3.51. The van der Waals surface area contributed by atoms with Crippen LogP contribution in [0.1, 0.15) is 29.5 Å². The van der Waals surface area contributed by atoms with Crippen LogP contribution >= 0.6 is 11.6 Å². The van der Waals surface area contributed by atoms with Gasteiger partial charge >= 0.3 is 0 Å². The maximum atomic E-state index is 15.2. The highest BCUT2D eigenvalue weighted by atomic mass is 35.5. The SMILES string of the molecule is COc1ccc(CN(C)C)cc1C1(N2CCC[C@H]2C(=O)N(C)C)C(=O)N(S(=O)(=O)c2ccc(F)cc2)c2ccc(Cl)cc21. The van der Waals surface area contributed by atoms with E-state index >= 15 is 4.79 Å². The first-order valence-corrected chi connectivity index (χ1v) is 15.6. The van der Waals surface area contributed by atoms with E-state index in [0.717, 1.165) is 34.1 Å². The molecule has 1 fully saturated rings. The Balaban J connectivity index is 1.88. The van der Waals surface area contributed by atoms with Gasteiger partial charge in [-0.2, -0.15) is 0 Å². The van der Waals surface area contributed by atoms with Crippen LogP contribution in [0.2, 0.25) is 5.02 Å². The number of halogens is 2. The van der Waals surface area contributed by atoms with E-state index in [4.69, 9.17) is 16.3 Å². The number of hydrogen-bond acceptors (Lipinski definition) is 7. The zero-order valence-electron chi connectivity index (χ0n) is 24.7. The van der Waals surface area contributed by atoms with Gasteiger partial charge in [0.1, 0.15) is 11.6 Å². The molecule has 43 heavy (non-hydrogen) atoms. The van der Waals surface area contributed by atoms with Crippen LogP contribution in [-0.4, -0.2) is 82.8 Å². The standard InChI is InChI=1S/C31H34ClFN4O5S/c1-34(2)19-20-8-15-28(42-5)25(17-20)31(36-16-6-7-27(36)29(38)35(3)4)24-18-21(32)9-14-26(24)37(30(31)39)43(40,41)23-12-10-22(33)11-13-23/h8-15,17-18,27H,6-7,16,19H2,1-5H3/t27-,31?/m0/s1. The first-order chi connectivity index (χ1) is 20.3. The highest BCUT2D eigenvalue weighted by Gasteiger charge is 2.63. The van der Waals surface area contributed by atoms with Crippen molar-refractivity contribution in [3.63, 3.8) is 0 Å². The fourth-order valence-corrected chi connectivity index (χ4v) is 7.85. The van der Waals surface area contributed by atoms with Crippen LogP contribution in [0.25, 0.3) is 0 Å². The Morgan fingerprint density at radius 3 is 2.37 bits per heavy atom. The number of sulfonamides is 1. The number of methoxy groups -OCH3 is 1. The molecule has 0 aliphatic carbocycles. The normalized spacial score (nSPS) is 20.5. The Kier molecular flexibility index (Phi) is 8.30. The van der Waals surface area contributed by atoms with Crippen molar-refractivity contribution in [3.05, 3.63) is 88.2 Å². The van der Waals surface area contributed by atoms with Crippen LogP contribution in [0.4, 0.5) is 10.1 Å². The van der Waals surface area contributed by atoms with Gasteiger partial charge < -0.3 is 14.5 Å². The van der Waals surface area contributed by atoms with Gasteiger partial charge in [-0.25, -0.2) is 17.1 Å². The summed E-state index contributed by atoms with van der Waals surface area (Å²) in [4.78, 5) is 33.8. The fraction of sp³-hybridized carbons (Fsp3) is 0.355. The molecule has 2 atom stereocenters. The van der Waals surface area contributed by atoms with Gasteiger partial charge in [0.25, 0.3) is 15.9 Å². The molecule has 12 heteroatoms. The van der Waals surface area contributed by atoms with E-state index < -0.39 is 33.3 Å². The van der Waals surface area contributed by atoms with Crippen molar-refractivity contribution in [2.24, 2.45) is 0 Å². The second-order valence-corrected chi connectivity index (χ2v) is 13.5. The number of ether oxygens (including phenoxy) is 1. The molecule has 0 aromatic heterocycles.